The zero-order valence-electron chi connectivity index (χ0n) is 15.2. The second kappa shape index (κ2) is 7.38. The molecule has 2 aliphatic rings. The Morgan fingerprint density at radius 3 is 2.40 bits per heavy atom. The van der Waals surface area contributed by atoms with Gasteiger partial charge in [0.1, 0.15) is 0 Å². The molecule has 0 bridgehead atoms. The Kier molecular flexibility index (Phi) is 5.39. The number of benzene rings is 1. The number of piperazine rings is 1. The fraction of sp³-hybridized carbons (Fsp3) is 0.579. The molecule has 0 aromatic heterocycles. The Morgan fingerprint density at radius 1 is 1.20 bits per heavy atom. The normalized spacial score (nSPS) is 22.5. The van der Waals surface area contributed by atoms with E-state index in [0.717, 1.165) is 37.4 Å². The second-order valence-electron chi connectivity index (χ2n) is 7.40. The number of nitrogens with two attached hydrogens (primary N) is 1. The molecule has 1 saturated carbocycles. The van der Waals surface area contributed by atoms with Gasteiger partial charge in [-0.1, -0.05) is 19.3 Å². The zero-order chi connectivity index (χ0) is 18.0. The average molecular weight is 363 g/mol. The summed E-state index contributed by atoms with van der Waals surface area (Å²) in [6.07, 6.45) is 9.45. The molecule has 6 heteroatoms. The first-order valence-electron chi connectivity index (χ1n) is 9.16. The van der Waals surface area contributed by atoms with Gasteiger partial charge < -0.3 is 16.0 Å². The van der Waals surface area contributed by atoms with Crippen molar-refractivity contribution in [1.82, 2.24) is 4.31 Å². The number of rotatable bonds is 4. The van der Waals surface area contributed by atoms with Crippen LogP contribution in [-0.4, -0.2) is 53.0 Å². The van der Waals surface area contributed by atoms with Gasteiger partial charge in [-0.15, -0.1) is 0 Å². The van der Waals surface area contributed by atoms with Gasteiger partial charge in [0.15, 0.2) is 0 Å². The molecule has 1 aromatic rings. The third kappa shape index (κ3) is 4.01. The highest BCUT2D eigenvalue weighted by atomic mass is 32.2. The molecule has 3 rings (SSSR count). The quantitative estimate of drug-likeness (QED) is 0.491. The molecule has 138 valence electrons. The molecule has 5 nitrogen and oxygen atoms in total. The maximum absolute atomic E-state index is 12.2. The number of nitrogens with zero attached hydrogens (tertiary/aromatic N) is 2. The second-order valence-corrected chi connectivity index (χ2v) is 9.83. The van der Waals surface area contributed by atoms with E-state index in [9.17, 15) is 4.21 Å². The largest absolute Gasteiger partial charge is 0.398 e. The van der Waals surface area contributed by atoms with E-state index in [1.54, 1.807) is 6.26 Å². The van der Waals surface area contributed by atoms with Crippen molar-refractivity contribution in [3.05, 3.63) is 23.3 Å². The summed E-state index contributed by atoms with van der Waals surface area (Å²) in [7, 11) is -2.14. The lowest BCUT2D eigenvalue weighted by Crippen LogP contribution is -2.48. The summed E-state index contributed by atoms with van der Waals surface area (Å²) in [5.74, 6) is 4.38. The maximum atomic E-state index is 12.2. The van der Waals surface area contributed by atoms with Crippen LogP contribution < -0.4 is 10.6 Å². The minimum absolute atomic E-state index is 0.588. The van der Waals surface area contributed by atoms with Crippen LogP contribution in [0.4, 0.5) is 11.4 Å². The van der Waals surface area contributed by atoms with Crippen molar-refractivity contribution in [2.45, 2.75) is 38.0 Å². The molecule has 1 unspecified atom stereocenters. The first-order valence-corrected chi connectivity index (χ1v) is 11.3. The van der Waals surface area contributed by atoms with E-state index < -0.39 is 9.71 Å². The summed E-state index contributed by atoms with van der Waals surface area (Å²) in [5.41, 5.74) is 10.2. The highest BCUT2D eigenvalue weighted by Gasteiger charge is 2.24. The summed E-state index contributed by atoms with van der Waals surface area (Å²) >= 11 is 0. The molecule has 3 N–H and O–H groups in total. The highest BCUT2D eigenvalue weighted by Crippen LogP contribution is 2.37. The number of nitrogen functional groups attached to an aromatic ring is 1. The Labute approximate surface area is 151 Å². The summed E-state index contributed by atoms with van der Waals surface area (Å²) in [6.45, 7) is 3.02. The van der Waals surface area contributed by atoms with Crippen LogP contribution in [0.15, 0.2) is 12.1 Å². The summed E-state index contributed by atoms with van der Waals surface area (Å²) in [5, 5.41) is 7.80. The standard InChI is InChI=1S/C19H30N4OS/c1-25(2,24)23-10-8-22(9-11-23)19-13-16(12-18(21)17(19)14-20)15-6-4-3-5-7-15/h12-15,20H,1,3-11,21H2,2H3. The molecular weight excluding hydrogens is 332 g/mol. The van der Waals surface area contributed by atoms with Crippen LogP contribution in [0.1, 0.15) is 49.1 Å². The predicted octanol–water partition coefficient (Wildman–Crippen LogP) is 2.70. The Bertz CT molecular complexity index is 730. The minimum Gasteiger partial charge on any atom is -0.398 e. The highest BCUT2D eigenvalue weighted by molar-refractivity contribution is 7.97. The summed E-state index contributed by atoms with van der Waals surface area (Å²) < 4.78 is 14.1. The van der Waals surface area contributed by atoms with Gasteiger partial charge in [0.2, 0.25) is 0 Å². The van der Waals surface area contributed by atoms with Crippen molar-refractivity contribution in [3.8, 4) is 0 Å². The zero-order valence-corrected chi connectivity index (χ0v) is 16.0. The van der Waals surface area contributed by atoms with Gasteiger partial charge in [-0.3, -0.25) is 4.21 Å². The number of anilines is 2. The Hall–Kier alpha value is -1.53. The molecular formula is C19H30N4OS. The molecule has 0 spiro atoms. The molecule has 1 aromatic carbocycles. The molecule has 1 aliphatic carbocycles. The molecule has 2 fully saturated rings. The minimum atomic E-state index is -2.14. The van der Waals surface area contributed by atoms with Gasteiger partial charge in [0.05, 0.1) is 0 Å². The van der Waals surface area contributed by atoms with Crippen LogP contribution in [0.3, 0.4) is 0 Å². The van der Waals surface area contributed by atoms with Crippen LogP contribution >= 0.6 is 0 Å². The smallest absolute Gasteiger partial charge is 0.0479 e. The average Bonchev–Trinajstić information content (AvgIpc) is 2.61. The summed E-state index contributed by atoms with van der Waals surface area (Å²) in [6, 6.07) is 4.32. The first-order chi connectivity index (χ1) is 11.9. The van der Waals surface area contributed by atoms with E-state index in [0.29, 0.717) is 11.6 Å². The van der Waals surface area contributed by atoms with Gasteiger partial charge in [0.25, 0.3) is 0 Å². The van der Waals surface area contributed by atoms with Gasteiger partial charge >= 0.3 is 0 Å². The lowest BCUT2D eigenvalue weighted by molar-refractivity contribution is 0.410. The molecule has 0 radical (unpaired) electrons. The molecule has 25 heavy (non-hydrogen) atoms. The van der Waals surface area contributed by atoms with Crippen molar-refractivity contribution in [3.63, 3.8) is 0 Å². The maximum Gasteiger partial charge on any atom is 0.0479 e. The van der Waals surface area contributed by atoms with E-state index in [1.165, 1.54) is 43.9 Å². The van der Waals surface area contributed by atoms with E-state index in [2.05, 4.69) is 22.9 Å². The molecule has 1 heterocycles. The predicted molar refractivity (Wildman–Crippen MR) is 110 cm³/mol. The van der Waals surface area contributed by atoms with Crippen molar-refractivity contribution >= 4 is 33.2 Å². The Morgan fingerprint density at radius 2 is 1.84 bits per heavy atom. The Balaban J connectivity index is 1.87. The van der Waals surface area contributed by atoms with Crippen molar-refractivity contribution < 1.29 is 4.21 Å². The van der Waals surface area contributed by atoms with E-state index in [4.69, 9.17) is 11.1 Å². The van der Waals surface area contributed by atoms with Crippen molar-refractivity contribution in [2.75, 3.05) is 43.1 Å². The van der Waals surface area contributed by atoms with Crippen molar-refractivity contribution in [1.29, 1.82) is 5.41 Å². The van der Waals surface area contributed by atoms with Gasteiger partial charge in [-0.25, -0.2) is 4.31 Å². The van der Waals surface area contributed by atoms with E-state index >= 15 is 0 Å². The van der Waals surface area contributed by atoms with Gasteiger partial charge in [-0.05, 0) is 42.3 Å². The van der Waals surface area contributed by atoms with Crippen LogP contribution in [0.2, 0.25) is 0 Å². The molecule has 1 atom stereocenters. The van der Waals surface area contributed by atoms with E-state index in [1.807, 2.05) is 4.31 Å². The topological polar surface area (TPSA) is 73.4 Å². The van der Waals surface area contributed by atoms with Gasteiger partial charge in [-0.2, -0.15) is 0 Å². The fourth-order valence-electron chi connectivity index (χ4n) is 4.09. The number of hydrogen-bond donors (Lipinski definition) is 2. The first kappa shape index (κ1) is 18.3. The van der Waals surface area contributed by atoms with E-state index in [-0.39, 0.29) is 0 Å². The lowest BCUT2D eigenvalue weighted by atomic mass is 9.83. The van der Waals surface area contributed by atoms with Crippen LogP contribution in [-0.2, 0) is 9.71 Å². The number of nitrogens with one attached hydrogen (secondary N) is 1. The van der Waals surface area contributed by atoms with Crippen LogP contribution in [0, 0.1) is 5.41 Å². The van der Waals surface area contributed by atoms with Crippen LogP contribution in [0.5, 0.6) is 0 Å². The molecule has 0 amide bonds. The molecule has 1 aliphatic heterocycles. The number of hydrogen-bond acceptors (Lipinski definition) is 4. The lowest BCUT2D eigenvalue weighted by Gasteiger charge is -2.37. The SMILES string of the molecule is C=S(C)(=O)N1CCN(c2cc(C3CCCCC3)cc(N)c2C=N)CC1. The third-order valence-corrected chi connectivity index (χ3v) is 7.02. The van der Waals surface area contributed by atoms with Gasteiger partial charge in [0, 0.05) is 65.3 Å². The summed E-state index contributed by atoms with van der Waals surface area (Å²) in [4.78, 5) is 2.28. The monoisotopic (exact) mass is 362 g/mol. The van der Waals surface area contributed by atoms with Crippen LogP contribution in [0.25, 0.3) is 0 Å². The van der Waals surface area contributed by atoms with Crippen molar-refractivity contribution in [2.24, 2.45) is 0 Å². The third-order valence-electron chi connectivity index (χ3n) is 5.56. The fourth-order valence-corrected chi connectivity index (χ4v) is 5.02. The molecule has 1 saturated heterocycles.